The second-order valence-electron chi connectivity index (χ2n) is 6.39. The van der Waals surface area contributed by atoms with Crippen LogP contribution in [0, 0.1) is 0 Å². The number of furan rings is 1. The number of nitrogens with one attached hydrogen (secondary N) is 2. The molecule has 0 spiro atoms. The number of thiophene rings is 1. The van der Waals surface area contributed by atoms with Gasteiger partial charge in [0.1, 0.15) is 5.76 Å². The molecule has 0 atom stereocenters. The Morgan fingerprint density at radius 1 is 1.14 bits per heavy atom. The fraction of sp³-hybridized carbons (Fsp3) is 0.182. The van der Waals surface area contributed by atoms with Gasteiger partial charge in [-0.15, -0.1) is 17.9 Å². The van der Waals surface area contributed by atoms with E-state index in [1.165, 1.54) is 4.88 Å². The van der Waals surface area contributed by atoms with Gasteiger partial charge in [0.05, 0.1) is 30.6 Å². The minimum absolute atomic E-state index is 0.185. The molecule has 150 valence electrons. The monoisotopic (exact) mass is 409 g/mol. The highest BCUT2D eigenvalue weighted by molar-refractivity contribution is 7.09. The molecule has 2 aromatic heterocycles. The van der Waals surface area contributed by atoms with E-state index in [9.17, 15) is 9.59 Å². The molecule has 0 bridgehead atoms. The van der Waals surface area contributed by atoms with E-state index in [1.54, 1.807) is 60.1 Å². The average molecular weight is 410 g/mol. The van der Waals surface area contributed by atoms with Gasteiger partial charge in [0, 0.05) is 18.0 Å². The van der Waals surface area contributed by atoms with E-state index in [-0.39, 0.29) is 24.9 Å². The lowest BCUT2D eigenvalue weighted by Gasteiger charge is -2.20. The SMILES string of the molecule is C=CCN(CC(=O)Nc1ccccc1C(=O)NCc1ccco1)Cc1cccs1. The first-order valence-electron chi connectivity index (χ1n) is 9.21. The topological polar surface area (TPSA) is 74.6 Å². The number of carbonyl (C=O) groups is 2. The largest absolute Gasteiger partial charge is 0.467 e. The molecule has 0 saturated heterocycles. The van der Waals surface area contributed by atoms with Crippen LogP contribution in [0.2, 0.25) is 0 Å². The Bertz CT molecular complexity index is 936. The van der Waals surface area contributed by atoms with E-state index in [0.717, 1.165) is 0 Å². The summed E-state index contributed by atoms with van der Waals surface area (Å²) < 4.78 is 5.23. The molecule has 0 saturated carbocycles. The van der Waals surface area contributed by atoms with Crippen molar-refractivity contribution in [3.8, 4) is 0 Å². The molecule has 29 heavy (non-hydrogen) atoms. The van der Waals surface area contributed by atoms with Gasteiger partial charge >= 0.3 is 0 Å². The van der Waals surface area contributed by atoms with Gasteiger partial charge in [-0.1, -0.05) is 24.3 Å². The van der Waals surface area contributed by atoms with Crippen molar-refractivity contribution in [2.75, 3.05) is 18.4 Å². The number of nitrogens with zero attached hydrogens (tertiary/aromatic N) is 1. The number of anilines is 1. The van der Waals surface area contributed by atoms with Crippen LogP contribution in [0.3, 0.4) is 0 Å². The third kappa shape index (κ3) is 6.17. The number of carbonyl (C=O) groups excluding carboxylic acids is 2. The Morgan fingerprint density at radius 2 is 2.00 bits per heavy atom. The Labute approximate surface area is 173 Å². The van der Waals surface area contributed by atoms with Gasteiger partial charge < -0.3 is 15.1 Å². The third-order valence-corrected chi connectivity index (χ3v) is 5.02. The summed E-state index contributed by atoms with van der Waals surface area (Å²) in [6, 6.07) is 14.5. The van der Waals surface area contributed by atoms with Crippen molar-refractivity contribution in [1.82, 2.24) is 10.2 Å². The summed E-state index contributed by atoms with van der Waals surface area (Å²) in [6.45, 7) is 5.51. The molecular weight excluding hydrogens is 386 g/mol. The molecular formula is C22H23N3O3S. The summed E-state index contributed by atoms with van der Waals surface area (Å²) in [5.74, 6) is 0.196. The quantitative estimate of drug-likeness (QED) is 0.498. The number of amides is 2. The molecule has 0 aliphatic carbocycles. The second-order valence-corrected chi connectivity index (χ2v) is 7.43. The summed E-state index contributed by atoms with van der Waals surface area (Å²) in [5, 5.41) is 7.67. The molecule has 7 heteroatoms. The van der Waals surface area contributed by atoms with Gasteiger partial charge in [-0.05, 0) is 35.7 Å². The first-order chi connectivity index (χ1) is 14.2. The van der Waals surface area contributed by atoms with Gasteiger partial charge in [-0.25, -0.2) is 0 Å². The number of hydrogen-bond donors (Lipinski definition) is 2. The molecule has 0 aliphatic rings. The van der Waals surface area contributed by atoms with Gasteiger partial charge in [0.25, 0.3) is 5.91 Å². The maximum Gasteiger partial charge on any atom is 0.253 e. The zero-order valence-corrected chi connectivity index (χ0v) is 16.8. The van der Waals surface area contributed by atoms with Crippen LogP contribution in [-0.4, -0.2) is 29.8 Å². The predicted molar refractivity (Wildman–Crippen MR) is 115 cm³/mol. The van der Waals surface area contributed by atoms with Gasteiger partial charge in [-0.2, -0.15) is 0 Å². The average Bonchev–Trinajstić information content (AvgIpc) is 3.41. The summed E-state index contributed by atoms with van der Waals surface area (Å²) in [6.07, 6.45) is 3.33. The molecule has 2 amide bonds. The normalized spacial score (nSPS) is 10.7. The van der Waals surface area contributed by atoms with Crippen LogP contribution in [-0.2, 0) is 17.9 Å². The Hall–Kier alpha value is -3.16. The Kier molecular flexibility index (Phi) is 7.38. The standard InChI is InChI=1S/C22H23N3O3S/c1-2-11-25(15-18-8-6-13-29-18)16-21(26)24-20-10-4-3-9-19(20)22(27)23-14-17-7-5-12-28-17/h2-10,12-13H,1,11,14-16H2,(H,23,27)(H,24,26). The number of para-hydroxylation sites is 1. The first kappa shape index (κ1) is 20.6. The Balaban J connectivity index is 1.61. The van der Waals surface area contributed by atoms with Gasteiger partial charge in [0.15, 0.2) is 0 Å². The second kappa shape index (κ2) is 10.4. The van der Waals surface area contributed by atoms with Crippen molar-refractivity contribution in [2.24, 2.45) is 0 Å². The minimum Gasteiger partial charge on any atom is -0.467 e. The van der Waals surface area contributed by atoms with Crippen molar-refractivity contribution < 1.29 is 14.0 Å². The van der Waals surface area contributed by atoms with E-state index in [1.807, 2.05) is 22.4 Å². The van der Waals surface area contributed by atoms with Gasteiger partial charge in [0.2, 0.25) is 5.91 Å². The lowest BCUT2D eigenvalue weighted by molar-refractivity contribution is -0.117. The van der Waals surface area contributed by atoms with Gasteiger partial charge in [-0.3, -0.25) is 14.5 Å². The van der Waals surface area contributed by atoms with Crippen molar-refractivity contribution >= 4 is 28.8 Å². The molecule has 2 heterocycles. The fourth-order valence-electron chi connectivity index (χ4n) is 2.85. The molecule has 3 aromatic rings. The molecule has 0 aliphatic heterocycles. The van der Waals surface area contributed by atoms with Crippen molar-refractivity contribution in [3.05, 3.63) is 89.0 Å². The highest BCUT2D eigenvalue weighted by Gasteiger charge is 2.15. The van der Waals surface area contributed by atoms with Crippen molar-refractivity contribution in [3.63, 3.8) is 0 Å². The lowest BCUT2D eigenvalue weighted by Crippen LogP contribution is -2.33. The zero-order valence-electron chi connectivity index (χ0n) is 16.0. The van der Waals surface area contributed by atoms with Crippen LogP contribution in [0.1, 0.15) is 21.0 Å². The number of benzene rings is 1. The van der Waals surface area contributed by atoms with E-state index < -0.39 is 0 Å². The van der Waals surface area contributed by atoms with Crippen LogP contribution in [0.5, 0.6) is 0 Å². The fourth-order valence-corrected chi connectivity index (χ4v) is 3.60. The highest BCUT2D eigenvalue weighted by Crippen LogP contribution is 2.16. The van der Waals surface area contributed by atoms with Crippen LogP contribution >= 0.6 is 11.3 Å². The van der Waals surface area contributed by atoms with Crippen molar-refractivity contribution in [2.45, 2.75) is 13.1 Å². The molecule has 0 radical (unpaired) electrons. The number of rotatable bonds is 10. The molecule has 6 nitrogen and oxygen atoms in total. The smallest absolute Gasteiger partial charge is 0.253 e. The van der Waals surface area contributed by atoms with E-state index in [0.29, 0.717) is 30.1 Å². The summed E-state index contributed by atoms with van der Waals surface area (Å²) >= 11 is 1.65. The molecule has 0 fully saturated rings. The van der Waals surface area contributed by atoms with Crippen molar-refractivity contribution in [1.29, 1.82) is 0 Å². The number of hydrogen-bond acceptors (Lipinski definition) is 5. The predicted octanol–water partition coefficient (Wildman–Crippen LogP) is 3.90. The van der Waals surface area contributed by atoms with E-state index in [2.05, 4.69) is 17.2 Å². The Morgan fingerprint density at radius 3 is 2.72 bits per heavy atom. The minimum atomic E-state index is -0.279. The maximum absolute atomic E-state index is 12.6. The summed E-state index contributed by atoms with van der Waals surface area (Å²) in [4.78, 5) is 28.3. The molecule has 0 unspecified atom stereocenters. The molecule has 1 aromatic carbocycles. The highest BCUT2D eigenvalue weighted by atomic mass is 32.1. The lowest BCUT2D eigenvalue weighted by atomic mass is 10.1. The molecule has 2 N–H and O–H groups in total. The van der Waals surface area contributed by atoms with Crippen LogP contribution in [0.25, 0.3) is 0 Å². The summed E-state index contributed by atoms with van der Waals surface area (Å²) in [5.41, 5.74) is 0.880. The first-order valence-corrected chi connectivity index (χ1v) is 10.1. The third-order valence-electron chi connectivity index (χ3n) is 4.16. The maximum atomic E-state index is 12.6. The molecule has 3 rings (SSSR count). The van der Waals surface area contributed by atoms with Crippen LogP contribution in [0.4, 0.5) is 5.69 Å². The van der Waals surface area contributed by atoms with E-state index in [4.69, 9.17) is 4.42 Å². The summed E-state index contributed by atoms with van der Waals surface area (Å²) in [7, 11) is 0. The zero-order chi connectivity index (χ0) is 20.5. The van der Waals surface area contributed by atoms with Crippen LogP contribution < -0.4 is 10.6 Å². The van der Waals surface area contributed by atoms with Crippen LogP contribution in [0.15, 0.2) is 77.2 Å². The van der Waals surface area contributed by atoms with E-state index >= 15 is 0 Å².